The molecule has 1 fully saturated rings. The molecule has 0 aliphatic heterocycles. The Bertz CT molecular complexity index is 906. The molecular formula is C26H28O6. The van der Waals surface area contributed by atoms with Crippen molar-refractivity contribution in [2.75, 3.05) is 0 Å². The van der Waals surface area contributed by atoms with Crippen LogP contribution in [0.1, 0.15) is 69.9 Å². The van der Waals surface area contributed by atoms with E-state index in [0.29, 0.717) is 11.5 Å². The van der Waals surface area contributed by atoms with Gasteiger partial charge >= 0.3 is 11.9 Å². The average molecular weight is 437 g/mol. The number of hydrogen-bond acceptors (Lipinski definition) is 6. The van der Waals surface area contributed by atoms with Gasteiger partial charge in [-0.2, -0.15) is 0 Å². The van der Waals surface area contributed by atoms with Crippen LogP contribution in [0.15, 0.2) is 48.5 Å². The first kappa shape index (κ1) is 23.4. The van der Waals surface area contributed by atoms with E-state index in [-0.39, 0.29) is 29.8 Å². The second-order valence-electron chi connectivity index (χ2n) is 8.40. The highest BCUT2D eigenvalue weighted by atomic mass is 16.5. The van der Waals surface area contributed by atoms with E-state index in [1.54, 1.807) is 24.3 Å². The van der Waals surface area contributed by atoms with E-state index in [0.717, 1.165) is 36.8 Å². The van der Waals surface area contributed by atoms with Crippen molar-refractivity contribution >= 4 is 23.5 Å². The maximum absolute atomic E-state index is 11.8. The van der Waals surface area contributed by atoms with Crippen LogP contribution >= 0.6 is 0 Å². The van der Waals surface area contributed by atoms with E-state index in [1.165, 1.54) is 20.3 Å². The zero-order valence-electron chi connectivity index (χ0n) is 18.5. The number of ether oxygens (including phenoxy) is 2. The van der Waals surface area contributed by atoms with Crippen molar-refractivity contribution < 1.29 is 28.7 Å². The van der Waals surface area contributed by atoms with E-state index < -0.39 is 11.9 Å². The normalized spacial score (nSPS) is 14.9. The van der Waals surface area contributed by atoms with Gasteiger partial charge in [0.15, 0.2) is 0 Å². The quantitative estimate of drug-likeness (QED) is 0.338. The fourth-order valence-electron chi connectivity index (χ4n) is 4.32. The summed E-state index contributed by atoms with van der Waals surface area (Å²) in [6, 6.07) is 15.0. The summed E-state index contributed by atoms with van der Waals surface area (Å²) in [7, 11) is 0. The highest BCUT2D eigenvalue weighted by molar-refractivity contribution is 5.95. The van der Waals surface area contributed by atoms with E-state index in [2.05, 4.69) is 0 Å². The summed E-state index contributed by atoms with van der Waals surface area (Å²) in [5.74, 6) is -0.760. The van der Waals surface area contributed by atoms with Crippen LogP contribution < -0.4 is 9.47 Å². The SMILES string of the molecule is CC(=O)CC(=O)Oc1ccc(C2(c3ccc(OC(=O)CC(C)=O)cc3)CCCCC2)cc1. The van der Waals surface area contributed by atoms with Gasteiger partial charge in [0.2, 0.25) is 0 Å². The van der Waals surface area contributed by atoms with Crippen LogP contribution in [0.2, 0.25) is 0 Å². The fourth-order valence-corrected chi connectivity index (χ4v) is 4.32. The van der Waals surface area contributed by atoms with Gasteiger partial charge in [-0.1, -0.05) is 43.5 Å². The molecule has 0 radical (unpaired) electrons. The van der Waals surface area contributed by atoms with Gasteiger partial charge in [-0.05, 0) is 62.1 Å². The van der Waals surface area contributed by atoms with Crippen LogP contribution in [0.4, 0.5) is 0 Å². The smallest absolute Gasteiger partial charge is 0.318 e. The molecule has 0 N–H and O–H groups in total. The van der Waals surface area contributed by atoms with Crippen molar-refractivity contribution in [1.82, 2.24) is 0 Å². The number of esters is 2. The van der Waals surface area contributed by atoms with Crippen LogP contribution in [0.3, 0.4) is 0 Å². The fraction of sp³-hybridized carbons (Fsp3) is 0.385. The van der Waals surface area contributed by atoms with Gasteiger partial charge in [0.25, 0.3) is 0 Å². The maximum atomic E-state index is 11.8. The van der Waals surface area contributed by atoms with Crippen LogP contribution in [0, 0.1) is 0 Å². The molecule has 32 heavy (non-hydrogen) atoms. The maximum Gasteiger partial charge on any atom is 0.318 e. The van der Waals surface area contributed by atoms with Gasteiger partial charge in [0, 0.05) is 5.41 Å². The standard InChI is InChI=1S/C26H28O6/c1-18(27)16-24(29)31-22-10-6-20(7-11-22)26(14-4-3-5-15-26)21-8-12-23(13-9-21)32-25(30)17-19(2)28/h6-13H,3-5,14-17H2,1-2H3. The molecule has 0 atom stereocenters. The Kier molecular flexibility index (Phi) is 7.57. The molecule has 0 bridgehead atoms. The molecule has 0 spiro atoms. The van der Waals surface area contributed by atoms with E-state index in [1.807, 2.05) is 24.3 Å². The number of ketones is 2. The number of Topliss-reactive ketones (excluding diaryl/α,β-unsaturated/α-hetero) is 2. The molecule has 0 unspecified atom stereocenters. The molecule has 3 rings (SSSR count). The Balaban J connectivity index is 1.81. The number of carbonyl (C=O) groups is 4. The van der Waals surface area contributed by atoms with Crippen LogP contribution in [0.25, 0.3) is 0 Å². The van der Waals surface area contributed by atoms with Gasteiger partial charge in [-0.3, -0.25) is 19.2 Å². The number of benzene rings is 2. The molecular weight excluding hydrogens is 408 g/mol. The van der Waals surface area contributed by atoms with Crippen molar-refractivity contribution in [3.63, 3.8) is 0 Å². The lowest BCUT2D eigenvalue weighted by atomic mass is 9.65. The van der Waals surface area contributed by atoms with E-state index in [4.69, 9.17) is 9.47 Å². The Labute approximate surface area is 187 Å². The molecule has 1 aliphatic rings. The largest absolute Gasteiger partial charge is 0.426 e. The molecule has 6 heteroatoms. The second-order valence-corrected chi connectivity index (χ2v) is 8.40. The summed E-state index contributed by atoms with van der Waals surface area (Å²) in [6.07, 6.45) is 4.88. The van der Waals surface area contributed by atoms with Crippen LogP contribution in [-0.4, -0.2) is 23.5 Å². The molecule has 0 amide bonds. The van der Waals surface area contributed by atoms with Crippen molar-refractivity contribution in [1.29, 1.82) is 0 Å². The highest BCUT2D eigenvalue weighted by Crippen LogP contribution is 2.45. The van der Waals surface area contributed by atoms with Crippen molar-refractivity contribution in [3.05, 3.63) is 59.7 Å². The average Bonchev–Trinajstić information content (AvgIpc) is 2.74. The zero-order chi connectivity index (χ0) is 23.1. The second kappa shape index (κ2) is 10.4. The van der Waals surface area contributed by atoms with Gasteiger partial charge in [-0.25, -0.2) is 0 Å². The van der Waals surface area contributed by atoms with Crippen molar-refractivity contribution in [2.45, 2.75) is 64.2 Å². The molecule has 0 heterocycles. The third kappa shape index (κ3) is 5.90. The minimum Gasteiger partial charge on any atom is -0.426 e. The molecule has 2 aromatic rings. The first-order chi connectivity index (χ1) is 15.3. The summed E-state index contributed by atoms with van der Waals surface area (Å²) in [4.78, 5) is 45.7. The van der Waals surface area contributed by atoms with Crippen molar-refractivity contribution in [3.8, 4) is 11.5 Å². The Morgan fingerprint density at radius 1 is 0.656 bits per heavy atom. The summed E-state index contributed by atoms with van der Waals surface area (Å²) < 4.78 is 10.5. The molecule has 2 aromatic carbocycles. The molecule has 0 aromatic heterocycles. The van der Waals surface area contributed by atoms with Gasteiger partial charge in [-0.15, -0.1) is 0 Å². The monoisotopic (exact) mass is 436 g/mol. The van der Waals surface area contributed by atoms with E-state index in [9.17, 15) is 19.2 Å². The van der Waals surface area contributed by atoms with Gasteiger partial charge < -0.3 is 9.47 Å². The number of hydrogen-bond donors (Lipinski definition) is 0. The topological polar surface area (TPSA) is 86.7 Å². The molecule has 1 aliphatic carbocycles. The lowest BCUT2D eigenvalue weighted by Crippen LogP contribution is -2.30. The predicted molar refractivity (Wildman–Crippen MR) is 119 cm³/mol. The minimum absolute atomic E-state index is 0.178. The summed E-state index contributed by atoms with van der Waals surface area (Å²) >= 11 is 0. The lowest BCUT2D eigenvalue weighted by Gasteiger charge is -2.38. The van der Waals surface area contributed by atoms with Gasteiger partial charge in [0.1, 0.15) is 35.9 Å². The molecule has 6 nitrogen and oxygen atoms in total. The summed E-state index contributed by atoms with van der Waals surface area (Å²) in [5, 5.41) is 0. The Hall–Kier alpha value is -3.28. The Morgan fingerprint density at radius 3 is 1.38 bits per heavy atom. The van der Waals surface area contributed by atoms with Crippen LogP contribution in [-0.2, 0) is 24.6 Å². The molecule has 1 saturated carbocycles. The lowest BCUT2D eigenvalue weighted by molar-refractivity contribution is -0.139. The summed E-state index contributed by atoms with van der Waals surface area (Å²) in [6.45, 7) is 2.71. The van der Waals surface area contributed by atoms with Crippen LogP contribution in [0.5, 0.6) is 11.5 Å². The third-order valence-electron chi connectivity index (χ3n) is 5.77. The highest BCUT2D eigenvalue weighted by Gasteiger charge is 2.35. The Morgan fingerprint density at radius 2 is 1.03 bits per heavy atom. The van der Waals surface area contributed by atoms with Gasteiger partial charge in [0.05, 0.1) is 0 Å². The first-order valence-electron chi connectivity index (χ1n) is 10.9. The zero-order valence-corrected chi connectivity index (χ0v) is 18.5. The van der Waals surface area contributed by atoms with E-state index >= 15 is 0 Å². The molecule has 168 valence electrons. The minimum atomic E-state index is -0.562. The first-order valence-corrected chi connectivity index (χ1v) is 10.9. The predicted octanol–water partition coefficient (Wildman–Crippen LogP) is 4.71. The number of rotatable bonds is 8. The van der Waals surface area contributed by atoms with Crippen molar-refractivity contribution in [2.24, 2.45) is 0 Å². The number of carbonyl (C=O) groups excluding carboxylic acids is 4. The third-order valence-corrected chi connectivity index (χ3v) is 5.77. The summed E-state index contributed by atoms with van der Waals surface area (Å²) in [5.41, 5.74) is 2.08. The molecule has 0 saturated heterocycles.